The smallest absolute Gasteiger partial charge is 0.199 e. The standard InChI is InChI=1S/C4H3ClN2/c1-3-4(5)7-2-6-3/h1H3. The predicted molar refractivity (Wildman–Crippen MR) is 28.1 cm³/mol. The van der Waals surface area contributed by atoms with Crippen molar-refractivity contribution in [2.24, 2.45) is 4.99 Å². The van der Waals surface area contributed by atoms with Crippen molar-refractivity contribution in [3.63, 3.8) is 0 Å². The van der Waals surface area contributed by atoms with Crippen LogP contribution in [0.5, 0.6) is 0 Å². The Labute approximate surface area is 46.9 Å². The Bertz CT molecular complexity index is 137. The summed E-state index contributed by atoms with van der Waals surface area (Å²) in [5, 5.41) is 4.09. The summed E-state index contributed by atoms with van der Waals surface area (Å²) in [6.45, 7) is 1.78. The maximum absolute atomic E-state index is 5.42. The van der Waals surface area contributed by atoms with E-state index in [2.05, 4.69) is 16.6 Å². The van der Waals surface area contributed by atoms with E-state index in [4.69, 9.17) is 11.6 Å². The zero-order valence-electron chi connectivity index (χ0n) is 3.77. The molecule has 36 valence electrons. The molecule has 1 aliphatic heterocycles. The molecule has 0 amide bonds. The first-order valence-electron chi connectivity index (χ1n) is 1.83. The van der Waals surface area contributed by atoms with Gasteiger partial charge in [0.2, 0.25) is 0 Å². The minimum atomic E-state index is 0.444. The third kappa shape index (κ3) is 0.747. The van der Waals surface area contributed by atoms with Crippen molar-refractivity contribution in [1.82, 2.24) is 5.32 Å². The molecule has 0 atom stereocenters. The number of aliphatic imine (C=N–C) groups is 1. The summed E-state index contributed by atoms with van der Waals surface area (Å²) < 4.78 is 0. The van der Waals surface area contributed by atoms with Gasteiger partial charge in [-0.2, -0.15) is 0 Å². The fourth-order valence-corrected chi connectivity index (χ4v) is 0.351. The van der Waals surface area contributed by atoms with Crippen LogP contribution in [-0.4, -0.2) is 6.34 Å². The molecule has 0 N–H and O–H groups in total. The molecule has 2 radical (unpaired) electrons. The number of hydrogen-bond donors (Lipinski definition) is 0. The zero-order valence-corrected chi connectivity index (χ0v) is 4.53. The maximum atomic E-state index is 5.42. The van der Waals surface area contributed by atoms with Crippen LogP contribution in [0.1, 0.15) is 6.92 Å². The van der Waals surface area contributed by atoms with Crippen LogP contribution in [0.25, 0.3) is 0 Å². The second-order valence-electron chi connectivity index (χ2n) is 1.20. The Balaban J connectivity index is 2.79. The number of allylic oxidation sites excluding steroid dienone is 1. The molecule has 0 saturated heterocycles. The summed E-state index contributed by atoms with van der Waals surface area (Å²) in [7, 11) is 0. The van der Waals surface area contributed by atoms with Gasteiger partial charge < -0.3 is 0 Å². The van der Waals surface area contributed by atoms with Crippen LogP contribution in [0.3, 0.4) is 0 Å². The van der Waals surface area contributed by atoms with E-state index in [0.29, 0.717) is 5.16 Å². The molecule has 1 rings (SSSR count). The van der Waals surface area contributed by atoms with Gasteiger partial charge in [-0.15, -0.1) is 0 Å². The topological polar surface area (TPSA) is 26.5 Å². The highest BCUT2D eigenvalue weighted by Crippen LogP contribution is 2.11. The van der Waals surface area contributed by atoms with Crippen LogP contribution < -0.4 is 5.32 Å². The van der Waals surface area contributed by atoms with E-state index in [-0.39, 0.29) is 0 Å². The molecular formula is C4H3ClN2. The lowest BCUT2D eigenvalue weighted by molar-refractivity contribution is 1.15. The maximum Gasteiger partial charge on any atom is 0.199 e. The van der Waals surface area contributed by atoms with Crippen molar-refractivity contribution < 1.29 is 0 Å². The van der Waals surface area contributed by atoms with Crippen LogP contribution in [0.15, 0.2) is 15.8 Å². The highest BCUT2D eigenvalue weighted by atomic mass is 35.5. The van der Waals surface area contributed by atoms with Gasteiger partial charge in [0.1, 0.15) is 0 Å². The van der Waals surface area contributed by atoms with E-state index in [0.717, 1.165) is 5.70 Å². The van der Waals surface area contributed by atoms with Crippen LogP contribution in [0, 0.1) is 0 Å². The molecular weight excluding hydrogens is 112 g/mol. The minimum Gasteiger partial charge on any atom is -0.227 e. The van der Waals surface area contributed by atoms with Crippen molar-refractivity contribution in [2.45, 2.75) is 6.92 Å². The first kappa shape index (κ1) is 4.65. The molecule has 0 saturated carbocycles. The summed E-state index contributed by atoms with van der Waals surface area (Å²) in [6, 6.07) is 0. The van der Waals surface area contributed by atoms with Gasteiger partial charge in [-0.05, 0) is 6.92 Å². The van der Waals surface area contributed by atoms with Crippen molar-refractivity contribution in [3.8, 4) is 0 Å². The fourth-order valence-electron chi connectivity index (χ4n) is 0.271. The summed E-state index contributed by atoms with van der Waals surface area (Å²) in [5.41, 5.74) is 0.738. The molecule has 7 heavy (non-hydrogen) atoms. The van der Waals surface area contributed by atoms with Crippen molar-refractivity contribution >= 4 is 17.9 Å². The minimum absolute atomic E-state index is 0.444. The Morgan fingerprint density at radius 2 is 2.43 bits per heavy atom. The van der Waals surface area contributed by atoms with Gasteiger partial charge in [0, 0.05) is 0 Å². The SMILES string of the molecule is CC1=C(Cl)N=[C][N]1. The lowest BCUT2D eigenvalue weighted by Crippen LogP contribution is -1.90. The van der Waals surface area contributed by atoms with Gasteiger partial charge in [0.25, 0.3) is 0 Å². The third-order valence-electron chi connectivity index (χ3n) is 0.664. The van der Waals surface area contributed by atoms with Crippen molar-refractivity contribution in [3.05, 3.63) is 10.9 Å². The Kier molecular flexibility index (Phi) is 1.02. The molecule has 0 aromatic carbocycles. The van der Waals surface area contributed by atoms with E-state index in [1.165, 1.54) is 0 Å². The lowest BCUT2D eigenvalue weighted by Gasteiger charge is -1.82. The van der Waals surface area contributed by atoms with Crippen LogP contribution in [0.4, 0.5) is 0 Å². The normalized spacial score (nSPS) is 18.0. The predicted octanol–water partition coefficient (Wildman–Crippen LogP) is 0.938. The molecule has 2 nitrogen and oxygen atoms in total. The Morgan fingerprint density at radius 1 is 1.71 bits per heavy atom. The second-order valence-corrected chi connectivity index (χ2v) is 1.56. The molecule has 1 aliphatic rings. The second kappa shape index (κ2) is 1.54. The quantitative estimate of drug-likeness (QED) is 0.419. The van der Waals surface area contributed by atoms with Gasteiger partial charge >= 0.3 is 0 Å². The zero-order chi connectivity index (χ0) is 5.28. The first-order chi connectivity index (χ1) is 3.30. The highest BCUT2D eigenvalue weighted by Gasteiger charge is 2.02. The molecule has 0 bridgehead atoms. The molecule has 3 heteroatoms. The van der Waals surface area contributed by atoms with Crippen molar-refractivity contribution in [1.29, 1.82) is 0 Å². The lowest BCUT2D eigenvalue weighted by atomic mass is 10.6. The molecule has 0 spiro atoms. The van der Waals surface area contributed by atoms with Gasteiger partial charge in [0.15, 0.2) is 11.5 Å². The molecule has 0 aliphatic carbocycles. The first-order valence-corrected chi connectivity index (χ1v) is 2.21. The largest absolute Gasteiger partial charge is 0.227 e. The molecule has 0 unspecified atom stereocenters. The molecule has 0 fully saturated rings. The van der Waals surface area contributed by atoms with E-state index in [1.54, 1.807) is 6.92 Å². The highest BCUT2D eigenvalue weighted by molar-refractivity contribution is 6.30. The summed E-state index contributed by atoms with van der Waals surface area (Å²) in [6.07, 6.45) is 2.37. The average Bonchev–Trinajstić information content (AvgIpc) is 1.91. The molecule has 0 aromatic rings. The number of hydrogen-bond acceptors (Lipinski definition) is 1. The summed E-state index contributed by atoms with van der Waals surface area (Å²) >= 11 is 5.42. The van der Waals surface area contributed by atoms with Gasteiger partial charge in [-0.25, -0.2) is 10.3 Å². The molecule has 1 heterocycles. The summed E-state index contributed by atoms with van der Waals surface area (Å²) in [4.78, 5) is 3.55. The Hall–Kier alpha value is -0.500. The fraction of sp³-hybridized carbons (Fsp3) is 0.250. The van der Waals surface area contributed by atoms with Crippen LogP contribution in [0.2, 0.25) is 0 Å². The van der Waals surface area contributed by atoms with Gasteiger partial charge in [-0.3, -0.25) is 0 Å². The Morgan fingerprint density at radius 3 is 2.57 bits per heavy atom. The van der Waals surface area contributed by atoms with E-state index < -0.39 is 0 Å². The number of rotatable bonds is 0. The van der Waals surface area contributed by atoms with Gasteiger partial charge in [0.05, 0.1) is 5.70 Å². The van der Waals surface area contributed by atoms with E-state index >= 15 is 0 Å². The molecule has 0 aromatic heterocycles. The van der Waals surface area contributed by atoms with E-state index in [9.17, 15) is 0 Å². The van der Waals surface area contributed by atoms with Gasteiger partial charge in [-0.1, -0.05) is 11.6 Å². The third-order valence-corrected chi connectivity index (χ3v) is 1.02. The number of halogens is 1. The van der Waals surface area contributed by atoms with Crippen LogP contribution >= 0.6 is 11.6 Å². The van der Waals surface area contributed by atoms with Crippen LogP contribution in [-0.2, 0) is 0 Å². The van der Waals surface area contributed by atoms with Crippen molar-refractivity contribution in [2.75, 3.05) is 0 Å². The number of nitrogens with zero attached hydrogens (tertiary/aromatic N) is 2. The average molecular weight is 115 g/mol. The monoisotopic (exact) mass is 114 g/mol. The van der Waals surface area contributed by atoms with E-state index in [1.807, 2.05) is 0 Å². The summed E-state index contributed by atoms with van der Waals surface area (Å²) in [5.74, 6) is 0.